The van der Waals surface area contributed by atoms with Gasteiger partial charge in [0, 0.05) is 24.0 Å². The quantitative estimate of drug-likeness (QED) is 0.573. The van der Waals surface area contributed by atoms with Crippen LogP contribution < -0.4 is 4.90 Å². The summed E-state index contributed by atoms with van der Waals surface area (Å²) < 4.78 is 32.0. The number of para-hydroxylation sites is 1. The van der Waals surface area contributed by atoms with Gasteiger partial charge in [-0.15, -0.1) is 0 Å². The van der Waals surface area contributed by atoms with Crippen LogP contribution in [0.2, 0.25) is 0 Å². The number of nitrogens with zero attached hydrogens (tertiary/aromatic N) is 1. The number of hydrogen-bond acceptors (Lipinski definition) is 4. The molecule has 1 fully saturated rings. The predicted octanol–water partition coefficient (Wildman–Crippen LogP) is 3.15. The lowest BCUT2D eigenvalue weighted by Gasteiger charge is -2.36. The zero-order valence-electron chi connectivity index (χ0n) is 12.4. The maximum atomic E-state index is 10.7. The second-order valence-electron chi connectivity index (χ2n) is 5.79. The van der Waals surface area contributed by atoms with Crippen LogP contribution in [-0.2, 0) is 10.1 Å². The van der Waals surface area contributed by atoms with Gasteiger partial charge in [-0.2, -0.15) is 0 Å². The lowest BCUT2D eigenvalue weighted by Crippen LogP contribution is -2.37. The summed E-state index contributed by atoms with van der Waals surface area (Å²) in [4.78, 5) is 2.40. The van der Waals surface area contributed by atoms with E-state index in [0.717, 1.165) is 13.0 Å². The van der Waals surface area contributed by atoms with Crippen molar-refractivity contribution in [3.05, 3.63) is 30.3 Å². The molecule has 0 aliphatic heterocycles. The minimum absolute atomic E-state index is 0.250. The molecule has 1 saturated carbocycles. The van der Waals surface area contributed by atoms with Crippen LogP contribution >= 0.6 is 0 Å². The van der Waals surface area contributed by atoms with Crippen molar-refractivity contribution in [2.45, 2.75) is 51.0 Å². The zero-order valence-corrected chi connectivity index (χ0v) is 13.2. The van der Waals surface area contributed by atoms with E-state index in [4.69, 9.17) is 0 Å². The highest BCUT2D eigenvalue weighted by Crippen LogP contribution is 2.27. The van der Waals surface area contributed by atoms with E-state index in [9.17, 15) is 13.0 Å². The molecule has 0 unspecified atom stereocenters. The summed E-state index contributed by atoms with van der Waals surface area (Å²) in [6.07, 6.45) is 7.44. The fourth-order valence-electron chi connectivity index (χ4n) is 3.10. The highest BCUT2D eigenvalue weighted by atomic mass is 32.2. The van der Waals surface area contributed by atoms with Gasteiger partial charge >= 0.3 is 0 Å². The van der Waals surface area contributed by atoms with Crippen LogP contribution in [0.3, 0.4) is 0 Å². The Morgan fingerprint density at radius 1 is 1.05 bits per heavy atom. The molecule has 0 heterocycles. The predicted molar refractivity (Wildman–Crippen MR) is 84.5 cm³/mol. The van der Waals surface area contributed by atoms with Gasteiger partial charge in [0.05, 0.1) is 10.1 Å². The lowest BCUT2D eigenvalue weighted by molar-refractivity contribution is 0.411. The van der Waals surface area contributed by atoms with Crippen LogP contribution in [0.1, 0.15) is 44.9 Å². The van der Waals surface area contributed by atoms with Crippen molar-refractivity contribution in [3.63, 3.8) is 0 Å². The number of unbranched alkanes of at least 4 members (excludes halogenated alkanes) is 1. The van der Waals surface area contributed by atoms with Gasteiger partial charge in [0.2, 0.25) is 0 Å². The zero-order chi connectivity index (χ0) is 15.1. The molecule has 2 rings (SSSR count). The summed E-state index contributed by atoms with van der Waals surface area (Å²) >= 11 is 0. The first-order valence-electron chi connectivity index (χ1n) is 7.81. The third-order valence-corrected chi connectivity index (χ3v) is 4.94. The molecule has 118 valence electrons. The molecule has 0 N–H and O–H groups in total. The Kier molecular flexibility index (Phi) is 6.06. The Morgan fingerprint density at radius 2 is 1.71 bits per heavy atom. The molecule has 21 heavy (non-hydrogen) atoms. The molecule has 4 nitrogen and oxygen atoms in total. The Bertz CT molecular complexity index is 510. The number of anilines is 1. The van der Waals surface area contributed by atoms with Crippen LogP contribution in [0.5, 0.6) is 0 Å². The molecule has 0 atom stereocenters. The molecule has 1 aliphatic rings. The first-order valence-corrected chi connectivity index (χ1v) is 9.39. The maximum Gasteiger partial charge on any atom is 0.0945 e. The van der Waals surface area contributed by atoms with Gasteiger partial charge in [0.15, 0.2) is 0 Å². The molecule has 0 aromatic heterocycles. The van der Waals surface area contributed by atoms with Crippen LogP contribution in [0.4, 0.5) is 5.69 Å². The highest BCUT2D eigenvalue weighted by molar-refractivity contribution is 7.85. The van der Waals surface area contributed by atoms with Crippen molar-refractivity contribution < 1.29 is 13.0 Å². The van der Waals surface area contributed by atoms with Crippen molar-refractivity contribution in [2.24, 2.45) is 0 Å². The van der Waals surface area contributed by atoms with E-state index in [1.807, 2.05) is 18.2 Å². The third-order valence-electron chi connectivity index (χ3n) is 4.15. The van der Waals surface area contributed by atoms with Gasteiger partial charge in [-0.25, -0.2) is 8.42 Å². The van der Waals surface area contributed by atoms with E-state index in [0.29, 0.717) is 12.5 Å². The minimum Gasteiger partial charge on any atom is -0.748 e. The summed E-state index contributed by atoms with van der Waals surface area (Å²) in [5, 5.41) is 0. The topological polar surface area (TPSA) is 60.4 Å². The van der Waals surface area contributed by atoms with Crippen LogP contribution in [-0.4, -0.2) is 31.3 Å². The van der Waals surface area contributed by atoms with Crippen molar-refractivity contribution in [1.29, 1.82) is 0 Å². The van der Waals surface area contributed by atoms with Crippen molar-refractivity contribution in [1.82, 2.24) is 0 Å². The molecule has 0 bridgehead atoms. The van der Waals surface area contributed by atoms with Gasteiger partial charge in [-0.1, -0.05) is 37.5 Å². The molecule has 1 aliphatic carbocycles. The number of hydrogen-bond donors (Lipinski definition) is 0. The van der Waals surface area contributed by atoms with E-state index >= 15 is 0 Å². The van der Waals surface area contributed by atoms with Gasteiger partial charge in [0.1, 0.15) is 0 Å². The van der Waals surface area contributed by atoms with Gasteiger partial charge in [-0.3, -0.25) is 0 Å². The Balaban J connectivity index is 1.95. The standard InChI is InChI=1S/C16H25NO3S/c18-21(19,20)14-8-7-13-17(15-9-3-1-4-10-15)16-11-5-2-6-12-16/h1,3-4,9-10,16H,2,5-8,11-14H2,(H,18,19,20)/p-1. The van der Waals surface area contributed by atoms with Gasteiger partial charge in [-0.05, 0) is 37.8 Å². The van der Waals surface area contributed by atoms with E-state index in [1.165, 1.54) is 37.8 Å². The van der Waals surface area contributed by atoms with E-state index in [-0.39, 0.29) is 5.75 Å². The molecular formula is C16H24NO3S-. The van der Waals surface area contributed by atoms with E-state index in [2.05, 4.69) is 17.0 Å². The van der Waals surface area contributed by atoms with Gasteiger partial charge in [0.25, 0.3) is 0 Å². The van der Waals surface area contributed by atoms with Gasteiger partial charge < -0.3 is 9.45 Å². The second kappa shape index (κ2) is 7.80. The number of benzene rings is 1. The summed E-state index contributed by atoms with van der Waals surface area (Å²) in [6, 6.07) is 10.8. The summed E-state index contributed by atoms with van der Waals surface area (Å²) in [5.74, 6) is -0.250. The fraction of sp³-hybridized carbons (Fsp3) is 0.625. The van der Waals surface area contributed by atoms with Crippen molar-refractivity contribution in [2.75, 3.05) is 17.2 Å². The average Bonchev–Trinajstić information content (AvgIpc) is 2.48. The molecular weight excluding hydrogens is 286 g/mol. The monoisotopic (exact) mass is 310 g/mol. The average molecular weight is 310 g/mol. The Labute approximate surface area is 127 Å². The fourth-order valence-corrected chi connectivity index (χ4v) is 3.65. The molecule has 0 spiro atoms. The maximum absolute atomic E-state index is 10.7. The molecule has 5 heteroatoms. The SMILES string of the molecule is O=S(=O)([O-])CCCCN(c1ccccc1)C1CCCCC1. The molecule has 0 saturated heterocycles. The highest BCUT2D eigenvalue weighted by Gasteiger charge is 2.20. The summed E-state index contributed by atoms with van der Waals surface area (Å²) in [6.45, 7) is 0.824. The largest absolute Gasteiger partial charge is 0.748 e. The first kappa shape index (κ1) is 16.3. The molecule has 0 radical (unpaired) electrons. The number of rotatable bonds is 7. The van der Waals surface area contributed by atoms with Crippen LogP contribution in [0.25, 0.3) is 0 Å². The lowest BCUT2D eigenvalue weighted by atomic mass is 9.93. The Hall–Kier alpha value is -1.07. The van der Waals surface area contributed by atoms with Crippen LogP contribution in [0.15, 0.2) is 30.3 Å². The molecule has 1 aromatic carbocycles. The summed E-state index contributed by atoms with van der Waals surface area (Å²) in [5.41, 5.74) is 1.20. The van der Waals surface area contributed by atoms with Crippen molar-refractivity contribution >= 4 is 15.8 Å². The normalized spacial score (nSPS) is 16.8. The first-order chi connectivity index (χ1) is 10.1. The van der Waals surface area contributed by atoms with Crippen LogP contribution in [0, 0.1) is 0 Å². The molecule has 1 aromatic rings. The smallest absolute Gasteiger partial charge is 0.0945 e. The molecule has 0 amide bonds. The van der Waals surface area contributed by atoms with E-state index in [1.54, 1.807) is 0 Å². The Morgan fingerprint density at radius 3 is 2.33 bits per heavy atom. The minimum atomic E-state index is -4.08. The summed E-state index contributed by atoms with van der Waals surface area (Å²) in [7, 11) is -4.08. The van der Waals surface area contributed by atoms with Crippen molar-refractivity contribution in [3.8, 4) is 0 Å². The third kappa shape index (κ3) is 5.67. The van der Waals surface area contributed by atoms with E-state index < -0.39 is 10.1 Å². The second-order valence-corrected chi connectivity index (χ2v) is 7.31.